The number of aromatic hydroxyl groups is 1. The fraction of sp³-hybridized carbons (Fsp3) is 0.130. The normalized spacial score (nSPS) is 12.2. The Morgan fingerprint density at radius 3 is 2.44 bits per heavy atom. The van der Waals surface area contributed by atoms with Gasteiger partial charge in [0.2, 0.25) is 11.2 Å². The van der Waals surface area contributed by atoms with Gasteiger partial charge >= 0.3 is 5.51 Å². The Labute approximate surface area is 192 Å². The van der Waals surface area contributed by atoms with Crippen molar-refractivity contribution in [2.24, 2.45) is 7.05 Å². The van der Waals surface area contributed by atoms with Crippen molar-refractivity contribution >= 4 is 44.1 Å². The second kappa shape index (κ2) is 9.75. The average molecular weight is 492 g/mol. The summed E-state index contributed by atoms with van der Waals surface area (Å²) >= 11 is 0. The number of phenols is 1. The van der Waals surface area contributed by atoms with Gasteiger partial charge in [-0.2, -0.15) is 17.7 Å². The number of fused-ring (bicyclic) bond motifs is 2. The van der Waals surface area contributed by atoms with E-state index < -0.39 is 15.6 Å². The number of para-hydroxylation sites is 1. The summed E-state index contributed by atoms with van der Waals surface area (Å²) in [6.45, 7) is 0.0449. The minimum atomic E-state index is -6.09. The molecule has 34 heavy (non-hydrogen) atoms. The van der Waals surface area contributed by atoms with Gasteiger partial charge in [0.15, 0.2) is 10.1 Å². The number of aliphatic hydroxyl groups is 1. The van der Waals surface area contributed by atoms with E-state index in [9.17, 15) is 23.4 Å². The van der Waals surface area contributed by atoms with Gasteiger partial charge in [0, 0.05) is 35.2 Å². The van der Waals surface area contributed by atoms with Crippen molar-refractivity contribution in [1.29, 1.82) is 0 Å². The van der Waals surface area contributed by atoms with Crippen molar-refractivity contribution in [1.82, 2.24) is 4.98 Å². The van der Waals surface area contributed by atoms with Gasteiger partial charge in [0.25, 0.3) is 0 Å². The van der Waals surface area contributed by atoms with Gasteiger partial charge in [0.1, 0.15) is 18.3 Å². The third-order valence-electron chi connectivity index (χ3n) is 4.96. The summed E-state index contributed by atoms with van der Waals surface area (Å²) < 4.78 is 61.0. The molecule has 4 rings (SSSR count). The molecule has 0 unspecified atom stereocenters. The van der Waals surface area contributed by atoms with Crippen LogP contribution >= 0.6 is 0 Å². The molecule has 7 nitrogen and oxygen atoms in total. The summed E-state index contributed by atoms with van der Waals surface area (Å²) in [5, 5.41) is 21.3. The lowest BCUT2D eigenvalue weighted by atomic mass is 10.1. The monoisotopic (exact) mass is 492 g/mol. The summed E-state index contributed by atoms with van der Waals surface area (Å²) in [4.78, 5) is 4.26. The van der Waals surface area contributed by atoms with Crippen molar-refractivity contribution in [3.63, 3.8) is 0 Å². The van der Waals surface area contributed by atoms with Crippen LogP contribution in [0.4, 0.5) is 13.2 Å². The number of halogens is 3. The SMILES string of the molecule is C[n+]1c(C=Cc2ccnc3c(O)cccc23)ccc2cc(CO)ccc21.O=S(=O)([O-])C(F)(F)F. The van der Waals surface area contributed by atoms with Crippen LogP contribution in [0.15, 0.2) is 60.8 Å². The molecule has 0 fully saturated rings. The van der Waals surface area contributed by atoms with Crippen molar-refractivity contribution in [3.8, 4) is 5.75 Å². The third-order valence-corrected chi connectivity index (χ3v) is 5.52. The van der Waals surface area contributed by atoms with E-state index >= 15 is 0 Å². The molecule has 0 atom stereocenters. The van der Waals surface area contributed by atoms with E-state index in [1.807, 2.05) is 49.5 Å². The third kappa shape index (κ3) is 5.50. The molecule has 0 aliphatic heterocycles. The molecule has 0 saturated carbocycles. The number of alkyl halides is 3. The largest absolute Gasteiger partial charge is 0.741 e. The fourth-order valence-electron chi connectivity index (χ4n) is 3.24. The number of aryl methyl sites for hydroxylation is 1. The zero-order valence-corrected chi connectivity index (χ0v) is 18.5. The van der Waals surface area contributed by atoms with Gasteiger partial charge in [-0.1, -0.05) is 18.2 Å². The molecule has 2 N–H and O–H groups in total. The van der Waals surface area contributed by atoms with E-state index in [1.165, 1.54) is 0 Å². The summed E-state index contributed by atoms with van der Waals surface area (Å²) in [6.07, 6.45) is 5.80. The quantitative estimate of drug-likeness (QED) is 0.257. The standard InChI is InChI=1S/C22H18N2O2.CHF3O3S/c1-24-18(9-7-17-13-15(14-25)5-10-20(17)24)8-6-16-11-12-23-22-19(16)3-2-4-21(22)26;2-1(3,4)8(5,6)7/h2-13,25H,14H2,1H3;(H,5,6,7). The molecule has 0 aliphatic rings. The molecule has 178 valence electrons. The maximum Gasteiger partial charge on any atom is 0.485 e. The lowest BCUT2D eigenvalue weighted by Gasteiger charge is -2.08. The molecule has 2 aromatic carbocycles. The number of rotatable bonds is 3. The number of hydrogen-bond acceptors (Lipinski definition) is 6. The molecule has 4 aromatic rings. The second-order valence-electron chi connectivity index (χ2n) is 7.18. The van der Waals surface area contributed by atoms with E-state index in [2.05, 4.69) is 27.8 Å². The van der Waals surface area contributed by atoms with Crippen molar-refractivity contribution < 1.29 is 40.9 Å². The number of benzene rings is 2. The Hall–Kier alpha value is -3.54. The van der Waals surface area contributed by atoms with Crippen LogP contribution in [0.2, 0.25) is 0 Å². The minimum Gasteiger partial charge on any atom is -0.741 e. The lowest BCUT2D eigenvalue weighted by molar-refractivity contribution is -0.646. The van der Waals surface area contributed by atoms with Crippen molar-refractivity contribution in [2.75, 3.05) is 0 Å². The van der Waals surface area contributed by atoms with E-state index in [0.29, 0.717) is 5.52 Å². The number of phenolic OH excluding ortho intramolecular Hbond substituents is 1. The summed E-state index contributed by atoms with van der Waals surface area (Å²) in [6, 6.07) is 17.4. The van der Waals surface area contributed by atoms with Crippen LogP contribution < -0.4 is 4.57 Å². The Bertz CT molecular complexity index is 1490. The van der Waals surface area contributed by atoms with Gasteiger partial charge in [-0.05, 0) is 41.5 Å². The Morgan fingerprint density at radius 1 is 1.09 bits per heavy atom. The average Bonchev–Trinajstić information content (AvgIpc) is 2.78. The predicted octanol–water partition coefficient (Wildman–Crippen LogP) is 3.63. The number of hydrogen-bond donors (Lipinski definition) is 2. The van der Waals surface area contributed by atoms with Crippen molar-refractivity contribution in [2.45, 2.75) is 12.1 Å². The second-order valence-corrected chi connectivity index (χ2v) is 8.55. The highest BCUT2D eigenvalue weighted by atomic mass is 32.2. The van der Waals surface area contributed by atoms with E-state index in [1.54, 1.807) is 12.3 Å². The highest BCUT2D eigenvalue weighted by Gasteiger charge is 2.36. The summed E-state index contributed by atoms with van der Waals surface area (Å²) in [5.41, 5.74) is -0.979. The smallest absolute Gasteiger partial charge is 0.485 e. The van der Waals surface area contributed by atoms with Gasteiger partial charge in [-0.25, -0.2) is 8.42 Å². The molecule has 0 radical (unpaired) electrons. The minimum absolute atomic E-state index is 0.0449. The van der Waals surface area contributed by atoms with Crippen LogP contribution in [0.5, 0.6) is 5.75 Å². The van der Waals surface area contributed by atoms with E-state index in [4.69, 9.17) is 13.0 Å². The molecule has 11 heteroatoms. The summed E-state index contributed by atoms with van der Waals surface area (Å²) in [7, 11) is -4.07. The molecule has 2 aromatic heterocycles. The van der Waals surface area contributed by atoms with Gasteiger partial charge < -0.3 is 14.8 Å². The fourth-order valence-corrected chi connectivity index (χ4v) is 3.24. The van der Waals surface area contributed by atoms with Crippen LogP contribution in [0.3, 0.4) is 0 Å². The first-order chi connectivity index (χ1) is 15.9. The molecule has 0 spiro atoms. The molecular formula is C23H19F3N2O5S. The molecule has 2 heterocycles. The zero-order valence-electron chi connectivity index (χ0n) is 17.7. The van der Waals surface area contributed by atoms with Crippen LogP contribution in [0, 0.1) is 0 Å². The van der Waals surface area contributed by atoms with E-state index in [-0.39, 0.29) is 12.4 Å². The number of nitrogens with zero attached hydrogens (tertiary/aromatic N) is 2. The number of aromatic nitrogens is 2. The Morgan fingerprint density at radius 2 is 1.79 bits per heavy atom. The van der Waals surface area contributed by atoms with Gasteiger partial charge in [-0.3, -0.25) is 4.98 Å². The van der Waals surface area contributed by atoms with Gasteiger partial charge in [-0.15, -0.1) is 0 Å². The molecule has 0 bridgehead atoms. The van der Waals surface area contributed by atoms with Gasteiger partial charge in [0.05, 0.1) is 6.61 Å². The highest BCUT2D eigenvalue weighted by molar-refractivity contribution is 7.86. The topological polar surface area (TPSA) is 114 Å². The lowest BCUT2D eigenvalue weighted by Crippen LogP contribution is -2.32. The summed E-state index contributed by atoms with van der Waals surface area (Å²) in [5.74, 6) is 0.189. The number of pyridine rings is 2. The molecule has 0 aliphatic carbocycles. The first kappa shape index (κ1) is 25.1. The van der Waals surface area contributed by atoms with Crippen molar-refractivity contribution in [3.05, 3.63) is 77.6 Å². The first-order valence-corrected chi connectivity index (χ1v) is 11.1. The highest BCUT2D eigenvalue weighted by Crippen LogP contribution is 2.26. The molecular weight excluding hydrogens is 473 g/mol. The van der Waals surface area contributed by atoms with Crippen LogP contribution in [0.1, 0.15) is 16.8 Å². The molecule has 0 amide bonds. The maximum absolute atomic E-state index is 10.7. The van der Waals surface area contributed by atoms with E-state index in [0.717, 1.165) is 33.1 Å². The predicted molar refractivity (Wildman–Crippen MR) is 119 cm³/mol. The van der Waals surface area contributed by atoms with Crippen LogP contribution in [-0.4, -0.2) is 33.7 Å². The first-order valence-electron chi connectivity index (χ1n) is 9.72. The molecule has 0 saturated heterocycles. The maximum atomic E-state index is 10.7. The Balaban J connectivity index is 0.000000350. The van der Waals surface area contributed by atoms with Crippen LogP contribution in [-0.2, 0) is 23.8 Å². The Kier molecular flexibility index (Phi) is 7.20. The number of aliphatic hydroxyl groups excluding tert-OH is 1. The van der Waals surface area contributed by atoms with Crippen LogP contribution in [0.25, 0.3) is 34.0 Å². The zero-order chi connectivity index (χ0) is 25.1.